The minimum atomic E-state index is -0.394. The van der Waals surface area contributed by atoms with Gasteiger partial charge in [-0.1, -0.05) is 0 Å². The van der Waals surface area contributed by atoms with E-state index < -0.39 is 5.60 Å². The van der Waals surface area contributed by atoms with E-state index in [1.165, 1.54) is 12.8 Å². The van der Waals surface area contributed by atoms with E-state index in [-0.39, 0.29) is 12.0 Å². The number of carbonyl (C=O) groups excluding carboxylic acids is 1. The molecule has 1 fully saturated rings. The minimum absolute atomic E-state index is 0.123. The molecule has 2 unspecified atom stereocenters. The number of ether oxygens (including phenoxy) is 1. The highest BCUT2D eigenvalue weighted by Crippen LogP contribution is 2.35. The molecule has 0 aromatic carbocycles. The first-order chi connectivity index (χ1) is 7.22. The van der Waals surface area contributed by atoms with Crippen LogP contribution in [0.1, 0.15) is 47.5 Å². The van der Waals surface area contributed by atoms with Crippen molar-refractivity contribution >= 4 is 5.97 Å². The van der Waals surface area contributed by atoms with Crippen LogP contribution in [-0.2, 0) is 9.53 Å². The van der Waals surface area contributed by atoms with Gasteiger partial charge in [0.25, 0.3) is 0 Å². The van der Waals surface area contributed by atoms with Crippen LogP contribution in [0, 0.1) is 5.92 Å². The summed E-state index contributed by atoms with van der Waals surface area (Å²) in [5, 5.41) is 0. The summed E-state index contributed by atoms with van der Waals surface area (Å²) in [6.45, 7) is 9.83. The largest absolute Gasteiger partial charge is 0.459 e. The topological polar surface area (TPSA) is 29.5 Å². The number of nitrogens with zero attached hydrogens (tertiary/aromatic N) is 1. The maximum atomic E-state index is 11.9. The maximum absolute atomic E-state index is 11.9. The third-order valence-corrected chi connectivity index (χ3v) is 3.31. The van der Waals surface area contributed by atoms with Gasteiger partial charge in [0.2, 0.25) is 0 Å². The van der Waals surface area contributed by atoms with Crippen LogP contribution in [0.15, 0.2) is 0 Å². The lowest BCUT2D eigenvalue weighted by atomic mass is 10.1. The average Bonchev–Trinajstić information content (AvgIpc) is 2.94. The van der Waals surface area contributed by atoms with E-state index in [9.17, 15) is 4.79 Å². The molecule has 1 saturated carbocycles. The lowest BCUT2D eigenvalue weighted by Crippen LogP contribution is -2.45. The standard InChI is InChI=1S/C13H25NO2/c1-9(11-7-8-11)14(6)10(2)12(15)16-13(3,4)5/h9-11H,7-8H2,1-6H3. The van der Waals surface area contributed by atoms with Gasteiger partial charge in [-0.25, -0.2) is 0 Å². The Balaban J connectivity index is 2.48. The highest BCUT2D eigenvalue weighted by molar-refractivity contribution is 5.75. The average molecular weight is 227 g/mol. The lowest BCUT2D eigenvalue weighted by Gasteiger charge is -2.31. The van der Waals surface area contributed by atoms with Gasteiger partial charge in [0.15, 0.2) is 0 Å². The second-order valence-corrected chi connectivity index (χ2v) is 5.95. The molecule has 0 aromatic rings. The molecule has 0 aromatic heterocycles. The molecule has 1 aliphatic rings. The molecule has 0 saturated heterocycles. The maximum Gasteiger partial charge on any atom is 0.323 e. The van der Waals surface area contributed by atoms with Gasteiger partial charge in [0.1, 0.15) is 11.6 Å². The van der Waals surface area contributed by atoms with Crippen molar-refractivity contribution in [2.75, 3.05) is 7.05 Å². The van der Waals surface area contributed by atoms with E-state index in [0.29, 0.717) is 6.04 Å². The Morgan fingerprint density at radius 1 is 1.31 bits per heavy atom. The molecule has 1 aliphatic carbocycles. The van der Waals surface area contributed by atoms with Crippen LogP contribution in [0.5, 0.6) is 0 Å². The lowest BCUT2D eigenvalue weighted by molar-refractivity contribution is -0.161. The molecule has 0 aliphatic heterocycles. The van der Waals surface area contributed by atoms with Crippen LogP contribution in [0.25, 0.3) is 0 Å². The number of hydrogen-bond acceptors (Lipinski definition) is 3. The Kier molecular flexibility index (Phi) is 4.00. The number of rotatable bonds is 4. The first kappa shape index (κ1) is 13.5. The number of carbonyl (C=O) groups is 1. The van der Waals surface area contributed by atoms with Crippen LogP contribution in [-0.4, -0.2) is 35.6 Å². The summed E-state index contributed by atoms with van der Waals surface area (Å²) >= 11 is 0. The molecule has 2 atom stereocenters. The van der Waals surface area contributed by atoms with Gasteiger partial charge >= 0.3 is 5.97 Å². The van der Waals surface area contributed by atoms with E-state index in [0.717, 1.165) is 5.92 Å². The van der Waals surface area contributed by atoms with E-state index in [2.05, 4.69) is 11.8 Å². The smallest absolute Gasteiger partial charge is 0.323 e. The highest BCUT2D eigenvalue weighted by Gasteiger charge is 2.35. The molecular weight excluding hydrogens is 202 g/mol. The SMILES string of the molecule is CC(C(=O)OC(C)(C)C)N(C)C(C)C1CC1. The Labute approximate surface area is 99.1 Å². The third-order valence-electron chi connectivity index (χ3n) is 3.31. The molecule has 3 nitrogen and oxygen atoms in total. The molecule has 0 N–H and O–H groups in total. The summed E-state index contributed by atoms with van der Waals surface area (Å²) in [5.74, 6) is 0.650. The molecule has 94 valence electrons. The first-order valence-electron chi connectivity index (χ1n) is 6.17. The van der Waals surface area contributed by atoms with E-state index >= 15 is 0 Å². The van der Waals surface area contributed by atoms with Crippen molar-refractivity contribution < 1.29 is 9.53 Å². The molecule has 0 bridgehead atoms. The molecule has 0 spiro atoms. The predicted molar refractivity (Wildman–Crippen MR) is 65.3 cm³/mol. The van der Waals surface area contributed by atoms with Crippen LogP contribution in [0.4, 0.5) is 0 Å². The van der Waals surface area contributed by atoms with Crippen LogP contribution < -0.4 is 0 Å². The van der Waals surface area contributed by atoms with Crippen molar-refractivity contribution in [3.63, 3.8) is 0 Å². The number of esters is 1. The molecule has 16 heavy (non-hydrogen) atoms. The molecule has 1 rings (SSSR count). The van der Waals surface area contributed by atoms with Gasteiger partial charge in [-0.2, -0.15) is 0 Å². The molecule has 0 radical (unpaired) electrons. The van der Waals surface area contributed by atoms with Gasteiger partial charge in [-0.15, -0.1) is 0 Å². The Hall–Kier alpha value is -0.570. The summed E-state index contributed by atoms with van der Waals surface area (Å²) < 4.78 is 5.39. The zero-order valence-electron chi connectivity index (χ0n) is 11.4. The fourth-order valence-corrected chi connectivity index (χ4v) is 1.82. The minimum Gasteiger partial charge on any atom is -0.459 e. The van der Waals surface area contributed by atoms with Crippen LogP contribution in [0.3, 0.4) is 0 Å². The molecule has 0 amide bonds. The van der Waals surface area contributed by atoms with Crippen molar-refractivity contribution in [1.29, 1.82) is 0 Å². The molecular formula is C13H25NO2. The van der Waals surface area contributed by atoms with Crippen molar-refractivity contribution in [1.82, 2.24) is 4.90 Å². The summed E-state index contributed by atoms with van der Waals surface area (Å²) in [6.07, 6.45) is 2.60. The predicted octanol–water partition coefficient (Wildman–Crippen LogP) is 2.45. The highest BCUT2D eigenvalue weighted by atomic mass is 16.6. The molecule has 0 heterocycles. The van der Waals surface area contributed by atoms with Gasteiger partial charge in [-0.05, 0) is 60.4 Å². The normalized spacial score (nSPS) is 20.7. The molecule has 3 heteroatoms. The van der Waals surface area contributed by atoms with Crippen molar-refractivity contribution in [2.24, 2.45) is 5.92 Å². The van der Waals surface area contributed by atoms with Crippen LogP contribution in [0.2, 0.25) is 0 Å². The Bertz CT molecular complexity index is 253. The van der Waals surface area contributed by atoms with Gasteiger partial charge in [-0.3, -0.25) is 9.69 Å². The fourth-order valence-electron chi connectivity index (χ4n) is 1.82. The number of hydrogen-bond donors (Lipinski definition) is 0. The van der Waals surface area contributed by atoms with E-state index in [1.807, 2.05) is 34.7 Å². The summed E-state index contributed by atoms with van der Waals surface area (Å²) in [4.78, 5) is 14.0. The summed E-state index contributed by atoms with van der Waals surface area (Å²) in [7, 11) is 2.01. The zero-order valence-corrected chi connectivity index (χ0v) is 11.4. The second-order valence-electron chi connectivity index (χ2n) is 5.95. The van der Waals surface area contributed by atoms with Gasteiger partial charge in [0, 0.05) is 6.04 Å². The van der Waals surface area contributed by atoms with Crippen LogP contribution >= 0.6 is 0 Å². The van der Waals surface area contributed by atoms with Crippen molar-refractivity contribution in [2.45, 2.75) is 65.1 Å². The van der Waals surface area contributed by atoms with Crippen molar-refractivity contribution in [3.05, 3.63) is 0 Å². The Morgan fingerprint density at radius 3 is 2.19 bits per heavy atom. The van der Waals surface area contributed by atoms with E-state index in [1.54, 1.807) is 0 Å². The van der Waals surface area contributed by atoms with E-state index in [4.69, 9.17) is 4.74 Å². The quantitative estimate of drug-likeness (QED) is 0.691. The van der Waals surface area contributed by atoms with Gasteiger partial charge < -0.3 is 4.74 Å². The summed E-state index contributed by atoms with van der Waals surface area (Å²) in [6, 6.07) is 0.317. The summed E-state index contributed by atoms with van der Waals surface area (Å²) in [5.41, 5.74) is -0.394. The third kappa shape index (κ3) is 3.78. The Morgan fingerprint density at radius 2 is 1.81 bits per heavy atom. The second kappa shape index (κ2) is 4.74. The zero-order chi connectivity index (χ0) is 12.5. The fraction of sp³-hybridized carbons (Fsp3) is 0.923. The number of likely N-dealkylation sites (N-methyl/N-ethyl adjacent to an activating group) is 1. The van der Waals surface area contributed by atoms with Crippen molar-refractivity contribution in [3.8, 4) is 0 Å². The first-order valence-corrected chi connectivity index (χ1v) is 6.17. The van der Waals surface area contributed by atoms with Gasteiger partial charge in [0.05, 0.1) is 0 Å². The monoisotopic (exact) mass is 227 g/mol.